The van der Waals surface area contributed by atoms with E-state index < -0.39 is 0 Å². The van der Waals surface area contributed by atoms with Crippen molar-refractivity contribution in [1.29, 1.82) is 0 Å². The molecule has 0 aliphatic rings. The highest BCUT2D eigenvalue weighted by atomic mass is 14.9. The third-order valence-corrected chi connectivity index (χ3v) is 4.73. The Morgan fingerprint density at radius 2 is 1.26 bits per heavy atom. The van der Waals surface area contributed by atoms with Crippen LogP contribution in [0, 0.1) is 0 Å². The highest BCUT2D eigenvalue weighted by Gasteiger charge is 2.02. The van der Waals surface area contributed by atoms with Crippen molar-refractivity contribution in [3.05, 3.63) is 30.1 Å². The fourth-order valence-corrected chi connectivity index (χ4v) is 3.29. The monoisotopic (exact) mass is 318 g/mol. The summed E-state index contributed by atoms with van der Waals surface area (Å²) in [5.41, 5.74) is 1.48. The summed E-state index contributed by atoms with van der Waals surface area (Å²) in [4.78, 5) is 0. The minimum atomic E-state index is 1.19. The van der Waals surface area contributed by atoms with Crippen molar-refractivity contribution in [3.63, 3.8) is 0 Å². The standard InChI is InChI=1S/C22H40N/c1-3-5-6-7-8-9-10-11-12-13-14-15-19-23-20-16-18-22(21-23)17-4-2/h16,18,20-21H,3-15,17,19H2,1-2H3/q+1. The van der Waals surface area contributed by atoms with Crippen LogP contribution in [0.4, 0.5) is 0 Å². The molecule has 0 saturated heterocycles. The van der Waals surface area contributed by atoms with Gasteiger partial charge >= 0.3 is 0 Å². The molecule has 1 rings (SSSR count). The van der Waals surface area contributed by atoms with E-state index >= 15 is 0 Å². The number of aromatic nitrogens is 1. The molecule has 132 valence electrons. The molecule has 1 aromatic heterocycles. The summed E-state index contributed by atoms with van der Waals surface area (Å²) in [6.07, 6.45) is 24.1. The van der Waals surface area contributed by atoms with Crippen LogP contribution in [-0.2, 0) is 13.0 Å². The molecule has 0 unspecified atom stereocenters. The van der Waals surface area contributed by atoms with E-state index in [1.165, 1.54) is 102 Å². The fourth-order valence-electron chi connectivity index (χ4n) is 3.29. The van der Waals surface area contributed by atoms with Crippen LogP contribution in [0.3, 0.4) is 0 Å². The zero-order chi connectivity index (χ0) is 16.6. The quantitative estimate of drug-likeness (QED) is 0.252. The molecule has 0 bridgehead atoms. The Hall–Kier alpha value is -0.850. The Labute approximate surface area is 145 Å². The van der Waals surface area contributed by atoms with Gasteiger partial charge in [-0.2, -0.15) is 0 Å². The van der Waals surface area contributed by atoms with E-state index in [9.17, 15) is 0 Å². The summed E-state index contributed by atoms with van der Waals surface area (Å²) in [5, 5.41) is 0. The maximum Gasteiger partial charge on any atom is 0.171 e. The molecule has 0 radical (unpaired) electrons. The third kappa shape index (κ3) is 11.3. The summed E-state index contributed by atoms with van der Waals surface area (Å²) in [5.74, 6) is 0. The number of aryl methyl sites for hydroxylation is 2. The van der Waals surface area contributed by atoms with E-state index in [0.29, 0.717) is 0 Å². The van der Waals surface area contributed by atoms with Crippen molar-refractivity contribution < 1.29 is 4.57 Å². The molecule has 1 nitrogen and oxygen atoms in total. The fraction of sp³-hybridized carbons (Fsp3) is 0.773. The van der Waals surface area contributed by atoms with Crippen LogP contribution >= 0.6 is 0 Å². The van der Waals surface area contributed by atoms with Gasteiger partial charge in [0.1, 0.15) is 6.54 Å². The molecule has 0 aliphatic carbocycles. The summed E-state index contributed by atoms with van der Waals surface area (Å²) in [6.45, 7) is 5.73. The molecule has 0 atom stereocenters. The predicted octanol–water partition coefficient (Wildman–Crippen LogP) is 6.63. The number of pyridine rings is 1. The van der Waals surface area contributed by atoms with Crippen LogP contribution in [0.2, 0.25) is 0 Å². The van der Waals surface area contributed by atoms with Gasteiger partial charge in [-0.1, -0.05) is 84.5 Å². The van der Waals surface area contributed by atoms with E-state index in [2.05, 4.69) is 42.9 Å². The van der Waals surface area contributed by atoms with Gasteiger partial charge in [0.2, 0.25) is 0 Å². The molecule has 0 aromatic carbocycles. The Kier molecular flexibility index (Phi) is 12.9. The molecule has 0 aliphatic heterocycles. The third-order valence-electron chi connectivity index (χ3n) is 4.73. The number of rotatable bonds is 15. The van der Waals surface area contributed by atoms with E-state index in [4.69, 9.17) is 0 Å². The van der Waals surface area contributed by atoms with E-state index in [0.717, 1.165) is 0 Å². The van der Waals surface area contributed by atoms with Crippen molar-refractivity contribution in [2.24, 2.45) is 0 Å². The minimum Gasteiger partial charge on any atom is -0.205 e. The molecule has 0 N–H and O–H groups in total. The number of hydrogen-bond acceptors (Lipinski definition) is 0. The maximum absolute atomic E-state index is 2.38. The van der Waals surface area contributed by atoms with Crippen LogP contribution < -0.4 is 4.57 Å². The lowest BCUT2D eigenvalue weighted by atomic mass is 10.1. The number of hydrogen-bond donors (Lipinski definition) is 0. The highest BCUT2D eigenvalue weighted by Crippen LogP contribution is 2.11. The lowest BCUT2D eigenvalue weighted by molar-refractivity contribution is -0.697. The second-order valence-electron chi connectivity index (χ2n) is 7.09. The molecule has 0 spiro atoms. The Morgan fingerprint density at radius 1 is 0.696 bits per heavy atom. The van der Waals surface area contributed by atoms with Crippen LogP contribution in [0.15, 0.2) is 24.5 Å². The van der Waals surface area contributed by atoms with Crippen LogP contribution in [0.25, 0.3) is 0 Å². The average molecular weight is 319 g/mol. The lowest BCUT2D eigenvalue weighted by Gasteiger charge is -2.03. The summed E-state index contributed by atoms with van der Waals surface area (Å²) in [7, 11) is 0. The van der Waals surface area contributed by atoms with E-state index in [-0.39, 0.29) is 0 Å². The normalized spacial score (nSPS) is 11.0. The van der Waals surface area contributed by atoms with E-state index in [1.54, 1.807) is 0 Å². The largest absolute Gasteiger partial charge is 0.205 e. The van der Waals surface area contributed by atoms with Gasteiger partial charge in [0.05, 0.1) is 0 Å². The lowest BCUT2D eigenvalue weighted by Crippen LogP contribution is -2.33. The SMILES string of the molecule is CCCCCCCCCCCCCC[n+]1cccc(CCC)c1. The smallest absolute Gasteiger partial charge is 0.171 e. The molecule has 1 heterocycles. The van der Waals surface area contributed by atoms with Gasteiger partial charge in [0, 0.05) is 18.1 Å². The van der Waals surface area contributed by atoms with Gasteiger partial charge in [0.25, 0.3) is 0 Å². The first-order valence-electron chi connectivity index (χ1n) is 10.3. The summed E-state index contributed by atoms with van der Waals surface area (Å²) < 4.78 is 2.38. The molecule has 0 fully saturated rings. The molecule has 0 amide bonds. The van der Waals surface area contributed by atoms with Crippen molar-refractivity contribution in [1.82, 2.24) is 0 Å². The van der Waals surface area contributed by atoms with Crippen molar-refractivity contribution in [3.8, 4) is 0 Å². The first-order valence-corrected chi connectivity index (χ1v) is 10.3. The van der Waals surface area contributed by atoms with Gasteiger partial charge in [-0.3, -0.25) is 0 Å². The topological polar surface area (TPSA) is 3.88 Å². The Balaban J connectivity index is 1.90. The molecule has 23 heavy (non-hydrogen) atoms. The minimum absolute atomic E-state index is 1.19. The molecule has 1 aromatic rings. The van der Waals surface area contributed by atoms with Crippen molar-refractivity contribution in [2.45, 2.75) is 110 Å². The van der Waals surface area contributed by atoms with Gasteiger partial charge < -0.3 is 0 Å². The highest BCUT2D eigenvalue weighted by molar-refractivity contribution is 5.04. The first kappa shape index (κ1) is 20.2. The Bertz CT molecular complexity index is 372. The second kappa shape index (κ2) is 14.7. The number of unbranched alkanes of at least 4 members (excludes halogenated alkanes) is 11. The first-order chi connectivity index (χ1) is 11.4. The molecule has 1 heteroatoms. The maximum atomic E-state index is 2.38. The molecule has 0 saturated carbocycles. The Morgan fingerprint density at radius 3 is 1.83 bits per heavy atom. The molecular formula is C22H40N+. The van der Waals surface area contributed by atoms with E-state index in [1.807, 2.05) is 0 Å². The van der Waals surface area contributed by atoms with Gasteiger partial charge in [-0.25, -0.2) is 4.57 Å². The zero-order valence-electron chi connectivity index (χ0n) is 15.9. The van der Waals surface area contributed by atoms with Crippen molar-refractivity contribution in [2.75, 3.05) is 0 Å². The second-order valence-corrected chi connectivity index (χ2v) is 7.09. The number of nitrogens with zero attached hydrogens (tertiary/aromatic N) is 1. The van der Waals surface area contributed by atoms with Crippen LogP contribution in [-0.4, -0.2) is 0 Å². The van der Waals surface area contributed by atoms with Gasteiger partial charge in [0.15, 0.2) is 12.4 Å². The summed E-state index contributed by atoms with van der Waals surface area (Å²) >= 11 is 0. The van der Waals surface area contributed by atoms with Crippen LogP contribution in [0.5, 0.6) is 0 Å². The zero-order valence-corrected chi connectivity index (χ0v) is 15.9. The summed E-state index contributed by atoms with van der Waals surface area (Å²) in [6, 6.07) is 4.45. The average Bonchev–Trinajstić information content (AvgIpc) is 2.56. The predicted molar refractivity (Wildman–Crippen MR) is 102 cm³/mol. The van der Waals surface area contributed by atoms with Crippen molar-refractivity contribution >= 4 is 0 Å². The van der Waals surface area contributed by atoms with Gasteiger partial charge in [-0.15, -0.1) is 0 Å². The molecular weight excluding hydrogens is 278 g/mol. The van der Waals surface area contributed by atoms with Gasteiger partial charge in [-0.05, 0) is 18.9 Å². The van der Waals surface area contributed by atoms with Crippen LogP contribution in [0.1, 0.15) is 103 Å².